The largest absolute Gasteiger partial charge is 0.329 e. The SMILES string of the molecule is C=CCCC1CCN(C(=O)Cl)CC1. The monoisotopic (exact) mass is 201 g/mol. The quantitative estimate of drug-likeness (QED) is 0.391. The van der Waals surface area contributed by atoms with Gasteiger partial charge in [0.1, 0.15) is 0 Å². The molecule has 13 heavy (non-hydrogen) atoms. The fraction of sp³-hybridized carbons (Fsp3) is 0.700. The number of carbonyl (C=O) groups excluding carboxylic acids is 1. The highest BCUT2D eigenvalue weighted by Crippen LogP contribution is 2.22. The van der Waals surface area contributed by atoms with E-state index in [9.17, 15) is 4.79 Å². The number of piperidine rings is 1. The molecule has 0 radical (unpaired) electrons. The van der Waals surface area contributed by atoms with Crippen LogP contribution in [-0.2, 0) is 0 Å². The third-order valence-electron chi connectivity index (χ3n) is 2.64. The molecule has 0 aromatic carbocycles. The Morgan fingerprint density at radius 3 is 2.62 bits per heavy atom. The number of carbonyl (C=O) groups is 1. The first-order valence-electron chi connectivity index (χ1n) is 4.79. The zero-order valence-electron chi connectivity index (χ0n) is 7.84. The van der Waals surface area contributed by atoms with Crippen molar-refractivity contribution in [1.82, 2.24) is 4.90 Å². The lowest BCUT2D eigenvalue weighted by molar-refractivity contribution is 0.189. The summed E-state index contributed by atoms with van der Waals surface area (Å²) in [6, 6.07) is 0. The summed E-state index contributed by atoms with van der Waals surface area (Å²) < 4.78 is 0. The van der Waals surface area contributed by atoms with E-state index in [-0.39, 0.29) is 5.37 Å². The van der Waals surface area contributed by atoms with Crippen LogP contribution in [0, 0.1) is 5.92 Å². The van der Waals surface area contributed by atoms with Crippen LogP contribution < -0.4 is 0 Å². The number of allylic oxidation sites excluding steroid dienone is 1. The van der Waals surface area contributed by atoms with Crippen LogP contribution in [0.4, 0.5) is 4.79 Å². The number of amides is 1. The Kier molecular flexibility index (Phi) is 4.29. The van der Waals surface area contributed by atoms with Gasteiger partial charge in [-0.05, 0) is 43.2 Å². The van der Waals surface area contributed by atoms with Crippen LogP contribution in [-0.4, -0.2) is 23.4 Å². The van der Waals surface area contributed by atoms with E-state index in [2.05, 4.69) is 6.58 Å². The lowest BCUT2D eigenvalue weighted by Crippen LogP contribution is -2.35. The molecule has 1 aliphatic rings. The third kappa shape index (κ3) is 3.39. The summed E-state index contributed by atoms with van der Waals surface area (Å²) in [4.78, 5) is 12.5. The molecule has 1 amide bonds. The van der Waals surface area contributed by atoms with Crippen LogP contribution in [0.5, 0.6) is 0 Å². The molecule has 1 aliphatic heterocycles. The number of nitrogens with zero attached hydrogens (tertiary/aromatic N) is 1. The first-order chi connectivity index (χ1) is 6.24. The molecule has 0 bridgehead atoms. The van der Waals surface area contributed by atoms with Gasteiger partial charge < -0.3 is 4.90 Å². The number of halogens is 1. The zero-order chi connectivity index (χ0) is 9.68. The average Bonchev–Trinajstić information content (AvgIpc) is 2.15. The molecule has 1 heterocycles. The summed E-state index contributed by atoms with van der Waals surface area (Å²) in [6.45, 7) is 5.35. The minimum absolute atomic E-state index is 0.304. The lowest BCUT2D eigenvalue weighted by Gasteiger charge is -2.30. The molecule has 0 N–H and O–H groups in total. The Morgan fingerprint density at radius 1 is 1.54 bits per heavy atom. The van der Waals surface area contributed by atoms with Gasteiger partial charge in [-0.2, -0.15) is 0 Å². The van der Waals surface area contributed by atoms with E-state index in [4.69, 9.17) is 11.6 Å². The van der Waals surface area contributed by atoms with E-state index in [0.717, 1.165) is 38.3 Å². The predicted molar refractivity (Wildman–Crippen MR) is 55.0 cm³/mol. The van der Waals surface area contributed by atoms with Gasteiger partial charge >= 0.3 is 5.37 Å². The molecule has 1 saturated heterocycles. The van der Waals surface area contributed by atoms with Gasteiger partial charge in [0, 0.05) is 13.1 Å². The first kappa shape index (κ1) is 10.6. The Bertz CT molecular complexity index is 185. The Hall–Kier alpha value is -0.500. The highest BCUT2D eigenvalue weighted by Gasteiger charge is 2.20. The van der Waals surface area contributed by atoms with Crippen LogP contribution in [0.25, 0.3) is 0 Å². The van der Waals surface area contributed by atoms with Gasteiger partial charge in [-0.3, -0.25) is 4.79 Å². The molecule has 0 aromatic rings. The summed E-state index contributed by atoms with van der Waals surface area (Å²) in [6.07, 6.45) is 6.42. The molecular weight excluding hydrogens is 186 g/mol. The van der Waals surface area contributed by atoms with Crippen molar-refractivity contribution in [2.75, 3.05) is 13.1 Å². The van der Waals surface area contributed by atoms with Crippen molar-refractivity contribution in [2.45, 2.75) is 25.7 Å². The van der Waals surface area contributed by atoms with E-state index in [1.54, 1.807) is 4.90 Å². The molecule has 0 aliphatic carbocycles. The highest BCUT2D eigenvalue weighted by atomic mass is 35.5. The molecule has 0 atom stereocenters. The summed E-state index contributed by atoms with van der Waals surface area (Å²) >= 11 is 5.38. The second-order valence-corrected chi connectivity index (χ2v) is 3.87. The van der Waals surface area contributed by atoms with Gasteiger partial charge in [0.15, 0.2) is 0 Å². The molecule has 1 rings (SSSR count). The minimum Gasteiger partial charge on any atom is -0.329 e. The van der Waals surface area contributed by atoms with Crippen molar-refractivity contribution >= 4 is 17.0 Å². The molecule has 74 valence electrons. The van der Waals surface area contributed by atoms with Gasteiger partial charge in [0.05, 0.1) is 0 Å². The second-order valence-electron chi connectivity index (χ2n) is 3.55. The van der Waals surface area contributed by atoms with E-state index >= 15 is 0 Å². The predicted octanol–water partition coefficient (Wildman–Crippen LogP) is 3.02. The molecule has 1 fully saturated rings. The standard InChI is InChI=1S/C10H16ClNO/c1-2-3-4-9-5-7-12(8-6-9)10(11)13/h2,9H,1,3-8H2. The summed E-state index contributed by atoms with van der Waals surface area (Å²) in [5.74, 6) is 0.755. The lowest BCUT2D eigenvalue weighted by atomic mass is 9.92. The van der Waals surface area contributed by atoms with Gasteiger partial charge in [0.2, 0.25) is 0 Å². The zero-order valence-corrected chi connectivity index (χ0v) is 8.59. The van der Waals surface area contributed by atoms with Gasteiger partial charge in [0.25, 0.3) is 0 Å². The number of rotatable bonds is 3. The topological polar surface area (TPSA) is 20.3 Å². The van der Waals surface area contributed by atoms with Crippen LogP contribution >= 0.6 is 11.6 Å². The molecule has 0 saturated carbocycles. The van der Waals surface area contributed by atoms with E-state index < -0.39 is 0 Å². The normalized spacial score (nSPS) is 18.7. The first-order valence-corrected chi connectivity index (χ1v) is 5.17. The van der Waals surface area contributed by atoms with E-state index in [1.807, 2.05) is 6.08 Å². The second kappa shape index (κ2) is 5.28. The van der Waals surface area contributed by atoms with Crippen molar-refractivity contribution in [3.8, 4) is 0 Å². The van der Waals surface area contributed by atoms with Crippen molar-refractivity contribution in [2.24, 2.45) is 5.92 Å². The van der Waals surface area contributed by atoms with Crippen LogP contribution in [0.1, 0.15) is 25.7 Å². The van der Waals surface area contributed by atoms with Crippen molar-refractivity contribution in [3.63, 3.8) is 0 Å². The van der Waals surface area contributed by atoms with Crippen LogP contribution in [0.15, 0.2) is 12.7 Å². The van der Waals surface area contributed by atoms with Crippen molar-refractivity contribution in [1.29, 1.82) is 0 Å². The average molecular weight is 202 g/mol. The third-order valence-corrected chi connectivity index (χ3v) is 2.88. The molecular formula is C10H16ClNO. The maximum atomic E-state index is 10.8. The highest BCUT2D eigenvalue weighted by molar-refractivity contribution is 6.62. The maximum absolute atomic E-state index is 10.8. The van der Waals surface area contributed by atoms with E-state index in [1.165, 1.54) is 6.42 Å². The number of hydrogen-bond acceptors (Lipinski definition) is 1. The Balaban J connectivity index is 2.22. The van der Waals surface area contributed by atoms with E-state index in [0.29, 0.717) is 0 Å². The fourth-order valence-corrected chi connectivity index (χ4v) is 1.92. The van der Waals surface area contributed by atoms with Gasteiger partial charge in [-0.15, -0.1) is 6.58 Å². The molecule has 2 nitrogen and oxygen atoms in total. The van der Waals surface area contributed by atoms with Crippen molar-refractivity contribution in [3.05, 3.63) is 12.7 Å². The minimum atomic E-state index is -0.304. The molecule has 0 unspecified atom stereocenters. The maximum Gasteiger partial charge on any atom is 0.316 e. The molecule has 0 spiro atoms. The summed E-state index contributed by atoms with van der Waals surface area (Å²) in [7, 11) is 0. The van der Waals surface area contributed by atoms with Crippen LogP contribution in [0.3, 0.4) is 0 Å². The van der Waals surface area contributed by atoms with Gasteiger partial charge in [-0.25, -0.2) is 0 Å². The number of likely N-dealkylation sites (tertiary alicyclic amines) is 1. The summed E-state index contributed by atoms with van der Waals surface area (Å²) in [5, 5.41) is -0.304. The Labute approximate surface area is 84.6 Å². The summed E-state index contributed by atoms with van der Waals surface area (Å²) in [5.41, 5.74) is 0. The molecule has 0 aromatic heterocycles. The van der Waals surface area contributed by atoms with Crippen LogP contribution in [0.2, 0.25) is 0 Å². The fourth-order valence-electron chi connectivity index (χ4n) is 1.75. The smallest absolute Gasteiger partial charge is 0.316 e. The Morgan fingerprint density at radius 2 is 2.15 bits per heavy atom. The van der Waals surface area contributed by atoms with Crippen molar-refractivity contribution < 1.29 is 4.79 Å². The van der Waals surface area contributed by atoms with Gasteiger partial charge in [-0.1, -0.05) is 6.08 Å². The molecule has 3 heteroatoms. The number of hydrogen-bond donors (Lipinski definition) is 0.